The SMILES string of the molecule is CCOC(=O)[C@@]1(O)[C@@H](C(=O)c2ccccc2)[C@H](c2ccccc2)NC(=S)N1C. The number of ketones is 1. The molecule has 0 amide bonds. The van der Waals surface area contributed by atoms with Crippen LogP contribution in [0.4, 0.5) is 0 Å². The molecule has 0 bridgehead atoms. The topological polar surface area (TPSA) is 78.9 Å². The Kier molecular flexibility index (Phi) is 5.76. The van der Waals surface area contributed by atoms with Crippen molar-refractivity contribution in [1.29, 1.82) is 0 Å². The van der Waals surface area contributed by atoms with Crippen molar-refractivity contribution in [2.75, 3.05) is 13.7 Å². The van der Waals surface area contributed by atoms with Gasteiger partial charge in [-0.25, -0.2) is 4.79 Å². The number of likely N-dealkylation sites (N-methyl/N-ethyl adjacent to an activating group) is 1. The Morgan fingerprint density at radius 2 is 1.71 bits per heavy atom. The lowest BCUT2D eigenvalue weighted by Crippen LogP contribution is -2.70. The van der Waals surface area contributed by atoms with Gasteiger partial charge in [-0.3, -0.25) is 4.79 Å². The van der Waals surface area contributed by atoms with Crippen molar-refractivity contribution in [1.82, 2.24) is 10.2 Å². The smallest absolute Gasteiger partial charge is 0.360 e. The number of hydrogen-bond donors (Lipinski definition) is 2. The molecule has 3 atom stereocenters. The number of ether oxygens (including phenoxy) is 1. The lowest BCUT2D eigenvalue weighted by Gasteiger charge is -2.49. The summed E-state index contributed by atoms with van der Waals surface area (Å²) < 4.78 is 5.13. The summed E-state index contributed by atoms with van der Waals surface area (Å²) in [5.74, 6) is -2.46. The second-order valence-electron chi connectivity index (χ2n) is 6.55. The van der Waals surface area contributed by atoms with E-state index in [9.17, 15) is 14.7 Å². The zero-order valence-corrected chi connectivity index (χ0v) is 16.5. The number of thiocarbonyl (C=S) groups is 1. The van der Waals surface area contributed by atoms with Crippen molar-refractivity contribution in [2.24, 2.45) is 5.92 Å². The Bertz CT molecular complexity index is 874. The molecule has 3 rings (SSSR count). The zero-order valence-electron chi connectivity index (χ0n) is 15.7. The van der Waals surface area contributed by atoms with E-state index in [0.717, 1.165) is 5.56 Å². The van der Waals surface area contributed by atoms with Gasteiger partial charge >= 0.3 is 5.97 Å². The molecule has 2 aromatic rings. The maximum Gasteiger partial charge on any atom is 0.360 e. The number of nitrogens with one attached hydrogen (secondary N) is 1. The average Bonchev–Trinajstić information content (AvgIpc) is 2.72. The average molecular weight is 398 g/mol. The lowest BCUT2D eigenvalue weighted by atomic mass is 9.77. The Hall–Kier alpha value is -2.77. The molecule has 0 spiro atoms. The summed E-state index contributed by atoms with van der Waals surface area (Å²) in [6.07, 6.45) is 0. The van der Waals surface area contributed by atoms with E-state index in [1.807, 2.05) is 30.3 Å². The molecule has 6 nitrogen and oxygen atoms in total. The van der Waals surface area contributed by atoms with Crippen molar-refractivity contribution in [3.8, 4) is 0 Å². The van der Waals surface area contributed by atoms with Crippen LogP contribution in [0.3, 0.4) is 0 Å². The van der Waals surface area contributed by atoms with Crippen molar-refractivity contribution in [3.05, 3.63) is 71.8 Å². The van der Waals surface area contributed by atoms with Gasteiger partial charge in [-0.2, -0.15) is 0 Å². The minimum absolute atomic E-state index is 0.0669. The first kappa shape index (κ1) is 20.0. The summed E-state index contributed by atoms with van der Waals surface area (Å²) in [5.41, 5.74) is -1.12. The number of rotatable bonds is 5. The van der Waals surface area contributed by atoms with Crippen LogP contribution in [0.1, 0.15) is 28.9 Å². The van der Waals surface area contributed by atoms with Crippen molar-refractivity contribution < 1.29 is 19.4 Å². The summed E-state index contributed by atoms with van der Waals surface area (Å²) in [6.45, 7) is 1.71. The number of nitrogens with zero attached hydrogens (tertiary/aromatic N) is 1. The van der Waals surface area contributed by atoms with Crippen molar-refractivity contribution >= 4 is 29.1 Å². The number of carbonyl (C=O) groups excluding carboxylic acids is 2. The van der Waals surface area contributed by atoms with E-state index in [-0.39, 0.29) is 17.5 Å². The minimum Gasteiger partial charge on any atom is -0.462 e. The molecule has 1 aliphatic heterocycles. The van der Waals surface area contributed by atoms with Gasteiger partial charge in [-0.15, -0.1) is 0 Å². The number of aliphatic hydroxyl groups is 1. The molecule has 0 saturated carbocycles. The Balaban J connectivity index is 2.17. The summed E-state index contributed by atoms with van der Waals surface area (Å²) in [4.78, 5) is 27.5. The zero-order chi connectivity index (χ0) is 20.3. The molecule has 7 heteroatoms. The predicted molar refractivity (Wildman–Crippen MR) is 109 cm³/mol. The number of Topliss-reactive ketones (excluding diaryl/α,β-unsaturated/α-hetero) is 1. The van der Waals surface area contributed by atoms with Crippen LogP contribution in [-0.4, -0.2) is 46.3 Å². The maximum atomic E-state index is 13.5. The van der Waals surface area contributed by atoms with Crippen LogP contribution < -0.4 is 5.32 Å². The first-order chi connectivity index (χ1) is 13.4. The number of esters is 1. The molecule has 0 aliphatic carbocycles. The molecular weight excluding hydrogens is 376 g/mol. The first-order valence-corrected chi connectivity index (χ1v) is 9.40. The van der Waals surface area contributed by atoms with Crippen LogP contribution in [0.2, 0.25) is 0 Å². The van der Waals surface area contributed by atoms with Gasteiger partial charge in [0.25, 0.3) is 5.72 Å². The van der Waals surface area contributed by atoms with E-state index < -0.39 is 23.7 Å². The Labute approximate surface area is 169 Å². The number of benzene rings is 2. The van der Waals surface area contributed by atoms with Crippen LogP contribution in [0, 0.1) is 5.92 Å². The Morgan fingerprint density at radius 1 is 1.14 bits per heavy atom. The van der Waals surface area contributed by atoms with Crippen LogP contribution >= 0.6 is 12.2 Å². The number of carbonyl (C=O) groups is 2. The van der Waals surface area contributed by atoms with Crippen LogP contribution in [0.15, 0.2) is 60.7 Å². The number of hydrogen-bond acceptors (Lipinski definition) is 5. The quantitative estimate of drug-likeness (QED) is 0.455. The van der Waals surface area contributed by atoms with Crippen LogP contribution in [0.5, 0.6) is 0 Å². The fourth-order valence-corrected chi connectivity index (χ4v) is 3.73. The fraction of sp³-hybridized carbons (Fsp3) is 0.286. The van der Waals surface area contributed by atoms with E-state index in [4.69, 9.17) is 17.0 Å². The van der Waals surface area contributed by atoms with Crippen LogP contribution in [0.25, 0.3) is 0 Å². The second kappa shape index (κ2) is 8.08. The molecule has 1 fully saturated rings. The van der Waals surface area contributed by atoms with Gasteiger partial charge in [-0.05, 0) is 24.7 Å². The molecule has 28 heavy (non-hydrogen) atoms. The van der Waals surface area contributed by atoms with Crippen molar-refractivity contribution in [3.63, 3.8) is 0 Å². The van der Waals surface area contributed by atoms with Gasteiger partial charge in [0.05, 0.1) is 12.6 Å². The molecule has 146 valence electrons. The monoisotopic (exact) mass is 398 g/mol. The highest BCUT2D eigenvalue weighted by Crippen LogP contribution is 2.40. The molecule has 1 heterocycles. The summed E-state index contributed by atoms with van der Waals surface area (Å²) in [5, 5.41) is 14.8. The van der Waals surface area contributed by atoms with Crippen LogP contribution in [-0.2, 0) is 9.53 Å². The minimum atomic E-state index is -2.24. The van der Waals surface area contributed by atoms with E-state index >= 15 is 0 Å². The fourth-order valence-electron chi connectivity index (χ4n) is 3.46. The highest BCUT2D eigenvalue weighted by atomic mass is 32.1. The molecule has 2 N–H and O–H groups in total. The maximum absolute atomic E-state index is 13.5. The van der Waals surface area contributed by atoms with E-state index in [1.54, 1.807) is 37.3 Å². The molecule has 0 aromatic heterocycles. The molecule has 0 radical (unpaired) electrons. The van der Waals surface area contributed by atoms with Gasteiger partial charge in [-0.1, -0.05) is 60.7 Å². The van der Waals surface area contributed by atoms with E-state index in [0.29, 0.717) is 5.56 Å². The molecule has 1 aliphatic rings. The predicted octanol–water partition coefficient (Wildman–Crippen LogP) is 2.30. The highest BCUT2D eigenvalue weighted by Gasteiger charge is 2.59. The third-order valence-electron chi connectivity index (χ3n) is 4.94. The molecule has 2 aromatic carbocycles. The normalized spacial score (nSPS) is 24.4. The Morgan fingerprint density at radius 3 is 2.29 bits per heavy atom. The lowest BCUT2D eigenvalue weighted by molar-refractivity contribution is -0.191. The standard InChI is InChI=1S/C21H22N2O4S/c1-3-27-19(25)21(26)16(18(24)15-12-8-5-9-13-15)17(22-20(28)23(21)2)14-10-6-4-7-11-14/h4-13,16-17,26H,3H2,1-2H3,(H,22,28)/t16-,17+,21+/m1/s1. The van der Waals surface area contributed by atoms with E-state index in [1.165, 1.54) is 11.9 Å². The third kappa shape index (κ3) is 3.39. The first-order valence-electron chi connectivity index (χ1n) is 8.99. The summed E-state index contributed by atoms with van der Waals surface area (Å²) in [6, 6.07) is 17.0. The van der Waals surface area contributed by atoms with Gasteiger partial charge in [0, 0.05) is 12.6 Å². The molecular formula is C21H22N2O4S. The summed E-state index contributed by atoms with van der Waals surface area (Å²) in [7, 11) is 1.47. The van der Waals surface area contributed by atoms with Gasteiger partial charge < -0.3 is 20.1 Å². The van der Waals surface area contributed by atoms with Crippen molar-refractivity contribution in [2.45, 2.75) is 18.7 Å². The van der Waals surface area contributed by atoms with Gasteiger partial charge in [0.15, 0.2) is 10.9 Å². The van der Waals surface area contributed by atoms with Gasteiger partial charge in [0.1, 0.15) is 5.92 Å². The van der Waals surface area contributed by atoms with Gasteiger partial charge in [0.2, 0.25) is 0 Å². The third-order valence-corrected chi connectivity index (χ3v) is 5.33. The molecule has 0 unspecified atom stereocenters. The van der Waals surface area contributed by atoms with E-state index in [2.05, 4.69) is 5.32 Å². The highest BCUT2D eigenvalue weighted by molar-refractivity contribution is 7.80. The largest absolute Gasteiger partial charge is 0.462 e. The molecule has 1 saturated heterocycles. The summed E-state index contributed by atoms with van der Waals surface area (Å²) >= 11 is 5.35. The second-order valence-corrected chi connectivity index (χ2v) is 6.94.